The quantitative estimate of drug-likeness (QED) is 0.842. The van der Waals surface area contributed by atoms with Crippen molar-refractivity contribution < 1.29 is 9.59 Å². The second-order valence-corrected chi connectivity index (χ2v) is 6.01. The first-order chi connectivity index (χ1) is 10.1. The first kappa shape index (κ1) is 14.5. The number of imide groups is 1. The first-order valence-corrected chi connectivity index (χ1v) is 7.54. The minimum atomic E-state index is -0.268. The molecule has 1 unspecified atom stereocenters. The van der Waals surface area contributed by atoms with Crippen molar-refractivity contribution in [2.24, 2.45) is 0 Å². The molecule has 2 heterocycles. The minimum Gasteiger partial charge on any atom is -0.297 e. The van der Waals surface area contributed by atoms with Gasteiger partial charge in [-0.25, -0.2) is 0 Å². The highest BCUT2D eigenvalue weighted by atomic mass is 35.5. The van der Waals surface area contributed by atoms with E-state index in [1.54, 1.807) is 0 Å². The van der Waals surface area contributed by atoms with Gasteiger partial charge >= 0.3 is 0 Å². The lowest BCUT2D eigenvalue weighted by atomic mass is 10.1. The maximum absolute atomic E-state index is 11.7. The Morgan fingerprint density at radius 1 is 1.10 bits per heavy atom. The summed E-state index contributed by atoms with van der Waals surface area (Å²) in [5.41, 5.74) is 1.24. The predicted octanol–water partition coefficient (Wildman–Crippen LogP) is 0.873. The van der Waals surface area contributed by atoms with Gasteiger partial charge in [0, 0.05) is 37.7 Å². The van der Waals surface area contributed by atoms with E-state index in [9.17, 15) is 9.59 Å². The lowest BCUT2D eigenvalue weighted by Gasteiger charge is -2.36. The average molecular weight is 308 g/mol. The second-order valence-electron chi connectivity index (χ2n) is 5.57. The van der Waals surface area contributed by atoms with Crippen LogP contribution in [0.3, 0.4) is 0 Å². The number of benzene rings is 1. The summed E-state index contributed by atoms with van der Waals surface area (Å²) in [6.07, 6.45) is 0.302. The maximum atomic E-state index is 11.7. The summed E-state index contributed by atoms with van der Waals surface area (Å²) >= 11 is 5.89. The molecule has 3 rings (SSSR count). The number of rotatable bonds is 3. The van der Waals surface area contributed by atoms with Crippen LogP contribution in [0.4, 0.5) is 0 Å². The normalized spacial score (nSPS) is 24.3. The lowest BCUT2D eigenvalue weighted by Crippen LogP contribution is -2.51. The van der Waals surface area contributed by atoms with Gasteiger partial charge in [-0.2, -0.15) is 0 Å². The molecule has 5 nitrogen and oxygen atoms in total. The molecule has 2 aliphatic rings. The van der Waals surface area contributed by atoms with Crippen LogP contribution in [0.2, 0.25) is 5.02 Å². The van der Waals surface area contributed by atoms with Crippen molar-refractivity contribution in [3.63, 3.8) is 0 Å². The summed E-state index contributed by atoms with van der Waals surface area (Å²) in [6.45, 7) is 4.33. The zero-order valence-corrected chi connectivity index (χ0v) is 12.5. The van der Waals surface area contributed by atoms with E-state index in [-0.39, 0.29) is 17.9 Å². The van der Waals surface area contributed by atoms with Gasteiger partial charge < -0.3 is 0 Å². The van der Waals surface area contributed by atoms with Gasteiger partial charge in [0.05, 0.1) is 12.5 Å². The number of halogens is 1. The van der Waals surface area contributed by atoms with E-state index in [1.165, 1.54) is 5.56 Å². The third kappa shape index (κ3) is 3.43. The van der Waals surface area contributed by atoms with Gasteiger partial charge in [-0.3, -0.25) is 24.7 Å². The highest BCUT2D eigenvalue weighted by Crippen LogP contribution is 2.16. The van der Waals surface area contributed by atoms with Crippen molar-refractivity contribution in [2.45, 2.75) is 19.0 Å². The molecule has 0 spiro atoms. The first-order valence-electron chi connectivity index (χ1n) is 7.16. The van der Waals surface area contributed by atoms with Crippen LogP contribution in [-0.2, 0) is 16.1 Å². The molecule has 2 saturated heterocycles. The van der Waals surface area contributed by atoms with Crippen LogP contribution in [0.25, 0.3) is 0 Å². The van der Waals surface area contributed by atoms with Gasteiger partial charge in [0.2, 0.25) is 11.8 Å². The Morgan fingerprint density at radius 2 is 1.76 bits per heavy atom. The van der Waals surface area contributed by atoms with Crippen LogP contribution in [0.15, 0.2) is 24.3 Å². The zero-order chi connectivity index (χ0) is 14.8. The summed E-state index contributed by atoms with van der Waals surface area (Å²) in [5.74, 6) is -0.306. The number of amides is 2. The van der Waals surface area contributed by atoms with Crippen molar-refractivity contribution in [1.82, 2.24) is 15.1 Å². The van der Waals surface area contributed by atoms with E-state index in [0.717, 1.165) is 37.7 Å². The van der Waals surface area contributed by atoms with Crippen LogP contribution < -0.4 is 5.32 Å². The minimum absolute atomic E-state index is 0.147. The van der Waals surface area contributed by atoms with Gasteiger partial charge in [0.15, 0.2) is 0 Å². The van der Waals surface area contributed by atoms with E-state index in [4.69, 9.17) is 11.6 Å². The van der Waals surface area contributed by atoms with Crippen molar-refractivity contribution in [2.75, 3.05) is 26.2 Å². The summed E-state index contributed by atoms with van der Waals surface area (Å²) in [6, 6.07) is 7.62. The third-order valence-corrected chi connectivity index (χ3v) is 4.36. The third-order valence-electron chi connectivity index (χ3n) is 4.11. The topological polar surface area (TPSA) is 52.7 Å². The van der Waals surface area contributed by atoms with Crippen LogP contribution >= 0.6 is 11.6 Å². The number of nitrogens with zero attached hydrogens (tertiary/aromatic N) is 2. The van der Waals surface area contributed by atoms with Crippen molar-refractivity contribution in [1.29, 1.82) is 0 Å². The van der Waals surface area contributed by atoms with Gasteiger partial charge in [-0.1, -0.05) is 23.7 Å². The van der Waals surface area contributed by atoms with Gasteiger partial charge in [-0.05, 0) is 17.7 Å². The van der Waals surface area contributed by atoms with E-state index < -0.39 is 0 Å². The fourth-order valence-corrected chi connectivity index (χ4v) is 3.04. The molecule has 112 valence electrons. The molecule has 2 fully saturated rings. The molecule has 0 bridgehead atoms. The summed E-state index contributed by atoms with van der Waals surface area (Å²) in [4.78, 5) is 27.4. The summed E-state index contributed by atoms with van der Waals surface area (Å²) in [7, 11) is 0. The van der Waals surface area contributed by atoms with Gasteiger partial charge in [-0.15, -0.1) is 0 Å². The standard InChI is InChI=1S/C15H18ClN3O2/c16-12-3-1-11(2-4-12)10-18-5-7-19(8-6-18)13-9-14(20)17-15(13)21/h1-4,13H,5-10H2,(H,17,20,21). The number of nitrogens with one attached hydrogen (secondary N) is 1. The monoisotopic (exact) mass is 307 g/mol. The van der Waals surface area contributed by atoms with E-state index in [1.807, 2.05) is 24.3 Å². The largest absolute Gasteiger partial charge is 0.297 e. The molecule has 1 aromatic carbocycles. The number of piperazine rings is 1. The molecular formula is C15H18ClN3O2. The molecular weight excluding hydrogens is 290 g/mol. The number of hydrogen-bond acceptors (Lipinski definition) is 4. The number of carbonyl (C=O) groups excluding carboxylic acids is 2. The Hall–Kier alpha value is -1.43. The Kier molecular flexibility index (Phi) is 4.24. The molecule has 2 amide bonds. The summed E-state index contributed by atoms with van der Waals surface area (Å²) < 4.78 is 0. The Morgan fingerprint density at radius 3 is 2.33 bits per heavy atom. The predicted molar refractivity (Wildman–Crippen MR) is 79.9 cm³/mol. The molecule has 6 heteroatoms. The van der Waals surface area contributed by atoms with Crippen LogP contribution in [0.5, 0.6) is 0 Å². The zero-order valence-electron chi connectivity index (χ0n) is 11.7. The SMILES string of the molecule is O=C1CC(N2CCN(Cc3ccc(Cl)cc3)CC2)C(=O)N1. The van der Waals surface area contributed by atoms with E-state index in [0.29, 0.717) is 6.42 Å². The maximum Gasteiger partial charge on any atom is 0.244 e. The smallest absolute Gasteiger partial charge is 0.244 e. The number of hydrogen-bond donors (Lipinski definition) is 1. The summed E-state index contributed by atoms with van der Waals surface area (Å²) in [5, 5.41) is 3.13. The van der Waals surface area contributed by atoms with Gasteiger partial charge in [0.1, 0.15) is 0 Å². The van der Waals surface area contributed by atoms with Gasteiger partial charge in [0.25, 0.3) is 0 Å². The van der Waals surface area contributed by atoms with Crippen LogP contribution in [-0.4, -0.2) is 53.8 Å². The Balaban J connectivity index is 1.52. The van der Waals surface area contributed by atoms with Crippen molar-refractivity contribution in [3.05, 3.63) is 34.9 Å². The molecule has 1 aromatic rings. The molecule has 0 aromatic heterocycles. The highest BCUT2D eigenvalue weighted by molar-refractivity contribution is 6.30. The second kappa shape index (κ2) is 6.13. The Bertz CT molecular complexity index is 538. The van der Waals surface area contributed by atoms with Crippen LogP contribution in [0.1, 0.15) is 12.0 Å². The van der Waals surface area contributed by atoms with E-state index >= 15 is 0 Å². The fraction of sp³-hybridized carbons (Fsp3) is 0.467. The molecule has 0 radical (unpaired) electrons. The lowest BCUT2D eigenvalue weighted by molar-refractivity contribution is -0.126. The van der Waals surface area contributed by atoms with Crippen LogP contribution in [0, 0.1) is 0 Å². The fourth-order valence-electron chi connectivity index (χ4n) is 2.92. The molecule has 21 heavy (non-hydrogen) atoms. The van der Waals surface area contributed by atoms with Crippen molar-refractivity contribution >= 4 is 23.4 Å². The average Bonchev–Trinajstić information content (AvgIpc) is 2.81. The molecule has 0 saturated carbocycles. The molecule has 0 aliphatic carbocycles. The molecule has 2 aliphatic heterocycles. The molecule has 1 N–H and O–H groups in total. The van der Waals surface area contributed by atoms with E-state index in [2.05, 4.69) is 15.1 Å². The molecule has 1 atom stereocenters. The Labute approximate surface area is 128 Å². The van der Waals surface area contributed by atoms with Crippen molar-refractivity contribution in [3.8, 4) is 0 Å². The highest BCUT2D eigenvalue weighted by Gasteiger charge is 2.36. The number of carbonyl (C=O) groups is 2.